The monoisotopic (exact) mass is 468 g/mol. The van der Waals surface area contributed by atoms with Gasteiger partial charge in [-0.05, 0) is 69.0 Å². The SMILES string of the molecule is COc1cc(Nc2ncc(C3CCN(CC(C)(C)C)CC3)c(NC3CCC(O)CC3)n2)ccn1. The highest BCUT2D eigenvalue weighted by atomic mass is 16.5. The molecule has 1 aliphatic heterocycles. The Morgan fingerprint density at radius 3 is 2.50 bits per heavy atom. The van der Waals surface area contributed by atoms with Gasteiger partial charge in [0.1, 0.15) is 5.82 Å². The summed E-state index contributed by atoms with van der Waals surface area (Å²) in [5.41, 5.74) is 2.36. The van der Waals surface area contributed by atoms with Crippen LogP contribution in [0.25, 0.3) is 0 Å². The molecular weight excluding hydrogens is 428 g/mol. The Bertz CT molecular complexity index is 931. The number of rotatable bonds is 7. The van der Waals surface area contributed by atoms with E-state index in [4.69, 9.17) is 9.72 Å². The first kappa shape index (κ1) is 24.7. The molecule has 8 nitrogen and oxygen atoms in total. The largest absolute Gasteiger partial charge is 0.481 e. The number of pyridine rings is 1. The number of methoxy groups -OCH3 is 1. The second-order valence-corrected chi connectivity index (χ2v) is 11.0. The molecule has 0 aromatic carbocycles. The fourth-order valence-corrected chi connectivity index (χ4v) is 5.08. The van der Waals surface area contributed by atoms with Crippen molar-refractivity contribution in [3.05, 3.63) is 30.1 Å². The van der Waals surface area contributed by atoms with Crippen LogP contribution in [0.2, 0.25) is 0 Å². The van der Waals surface area contributed by atoms with Crippen LogP contribution < -0.4 is 15.4 Å². The summed E-state index contributed by atoms with van der Waals surface area (Å²) in [4.78, 5) is 16.3. The molecule has 1 saturated heterocycles. The van der Waals surface area contributed by atoms with Gasteiger partial charge in [0, 0.05) is 42.3 Å². The molecule has 0 spiro atoms. The van der Waals surface area contributed by atoms with E-state index in [9.17, 15) is 5.11 Å². The van der Waals surface area contributed by atoms with Gasteiger partial charge >= 0.3 is 0 Å². The average molecular weight is 469 g/mol. The number of aliphatic hydroxyl groups excluding tert-OH is 1. The molecule has 1 aliphatic carbocycles. The van der Waals surface area contributed by atoms with Gasteiger partial charge in [-0.25, -0.2) is 9.97 Å². The van der Waals surface area contributed by atoms with Crippen LogP contribution >= 0.6 is 0 Å². The lowest BCUT2D eigenvalue weighted by molar-refractivity contribution is 0.126. The molecule has 8 heteroatoms. The summed E-state index contributed by atoms with van der Waals surface area (Å²) in [7, 11) is 1.60. The highest BCUT2D eigenvalue weighted by Crippen LogP contribution is 2.35. The van der Waals surface area contributed by atoms with Crippen LogP contribution in [0, 0.1) is 5.41 Å². The summed E-state index contributed by atoms with van der Waals surface area (Å²) in [5.74, 6) is 2.47. The maximum absolute atomic E-state index is 9.92. The second-order valence-electron chi connectivity index (χ2n) is 11.0. The molecule has 4 rings (SSSR count). The number of likely N-dealkylation sites (tertiary alicyclic amines) is 1. The number of anilines is 3. The number of nitrogens with zero attached hydrogens (tertiary/aromatic N) is 4. The van der Waals surface area contributed by atoms with Gasteiger partial charge in [-0.15, -0.1) is 0 Å². The van der Waals surface area contributed by atoms with E-state index >= 15 is 0 Å². The van der Waals surface area contributed by atoms with Gasteiger partial charge in [0.2, 0.25) is 11.8 Å². The van der Waals surface area contributed by atoms with Crippen molar-refractivity contribution in [1.29, 1.82) is 0 Å². The van der Waals surface area contributed by atoms with E-state index in [-0.39, 0.29) is 6.10 Å². The molecule has 0 atom stereocenters. The van der Waals surface area contributed by atoms with Crippen molar-refractivity contribution in [3.8, 4) is 5.88 Å². The molecule has 2 aliphatic rings. The standard InChI is InChI=1S/C26H40N6O2/c1-26(2,3)17-32-13-10-18(11-14-32)22-16-28-25(30-20-9-12-27-23(15-20)34-4)31-24(22)29-19-5-7-21(33)8-6-19/h9,12,15-16,18-19,21,33H,5-8,10-11,13-14,17H2,1-4H3,(H2,27,28,29,30,31). The number of hydrogen-bond donors (Lipinski definition) is 3. The fraction of sp³-hybridized carbons (Fsp3) is 0.654. The van der Waals surface area contributed by atoms with Crippen LogP contribution in [0.1, 0.15) is 70.8 Å². The van der Waals surface area contributed by atoms with Crippen molar-refractivity contribution >= 4 is 17.5 Å². The maximum Gasteiger partial charge on any atom is 0.229 e. The van der Waals surface area contributed by atoms with Gasteiger partial charge < -0.3 is 25.4 Å². The predicted molar refractivity (Wildman–Crippen MR) is 136 cm³/mol. The van der Waals surface area contributed by atoms with Crippen LogP contribution in [0.4, 0.5) is 17.5 Å². The van der Waals surface area contributed by atoms with Crippen molar-refractivity contribution in [2.75, 3.05) is 37.4 Å². The normalized spacial score (nSPS) is 22.4. The molecule has 2 fully saturated rings. The molecule has 34 heavy (non-hydrogen) atoms. The lowest BCUT2D eigenvalue weighted by Crippen LogP contribution is -2.38. The van der Waals surface area contributed by atoms with E-state index in [0.717, 1.165) is 69.7 Å². The van der Waals surface area contributed by atoms with Crippen LogP contribution in [0.3, 0.4) is 0 Å². The highest BCUT2D eigenvalue weighted by molar-refractivity contribution is 5.57. The summed E-state index contributed by atoms with van der Waals surface area (Å²) in [5, 5.41) is 16.9. The smallest absolute Gasteiger partial charge is 0.229 e. The Morgan fingerprint density at radius 1 is 1.09 bits per heavy atom. The third-order valence-electron chi connectivity index (χ3n) is 6.78. The maximum atomic E-state index is 9.92. The first-order valence-corrected chi connectivity index (χ1v) is 12.6. The minimum Gasteiger partial charge on any atom is -0.481 e. The highest BCUT2D eigenvalue weighted by Gasteiger charge is 2.28. The van der Waals surface area contributed by atoms with Gasteiger partial charge in [-0.3, -0.25) is 0 Å². The summed E-state index contributed by atoms with van der Waals surface area (Å²) < 4.78 is 5.23. The number of nitrogens with one attached hydrogen (secondary N) is 2. The quantitative estimate of drug-likeness (QED) is 0.544. The van der Waals surface area contributed by atoms with Crippen molar-refractivity contribution in [2.45, 2.75) is 77.4 Å². The Kier molecular flexibility index (Phi) is 7.88. The van der Waals surface area contributed by atoms with Crippen LogP contribution in [0.5, 0.6) is 5.88 Å². The Balaban J connectivity index is 1.51. The first-order chi connectivity index (χ1) is 16.3. The minimum atomic E-state index is -0.172. The van der Waals surface area contributed by atoms with Crippen molar-refractivity contribution in [2.24, 2.45) is 5.41 Å². The topological polar surface area (TPSA) is 95.4 Å². The number of aliphatic hydroxyl groups is 1. The van der Waals surface area contributed by atoms with Crippen LogP contribution in [-0.2, 0) is 0 Å². The molecule has 0 amide bonds. The van der Waals surface area contributed by atoms with Crippen molar-refractivity contribution < 1.29 is 9.84 Å². The van der Waals surface area contributed by atoms with Crippen molar-refractivity contribution in [3.63, 3.8) is 0 Å². The van der Waals surface area contributed by atoms with Crippen LogP contribution in [0.15, 0.2) is 24.5 Å². The summed E-state index contributed by atoms with van der Waals surface area (Å²) in [6, 6.07) is 4.03. The second kappa shape index (κ2) is 10.9. The minimum absolute atomic E-state index is 0.172. The molecule has 2 aromatic heterocycles. The van der Waals surface area contributed by atoms with E-state index in [2.05, 4.69) is 46.3 Å². The molecule has 3 N–H and O–H groups in total. The van der Waals surface area contributed by atoms with E-state index in [1.807, 2.05) is 18.3 Å². The van der Waals surface area contributed by atoms with E-state index in [1.165, 1.54) is 5.56 Å². The van der Waals surface area contributed by atoms with Gasteiger partial charge in [0.25, 0.3) is 0 Å². The third kappa shape index (κ3) is 6.79. The van der Waals surface area contributed by atoms with Gasteiger partial charge in [0.15, 0.2) is 0 Å². The summed E-state index contributed by atoms with van der Waals surface area (Å²) in [6.07, 6.45) is 9.35. The van der Waals surface area contributed by atoms with E-state index in [0.29, 0.717) is 29.2 Å². The molecule has 186 valence electrons. The lowest BCUT2D eigenvalue weighted by atomic mass is 9.88. The Labute approximate surface area is 203 Å². The molecule has 0 radical (unpaired) electrons. The average Bonchev–Trinajstić information content (AvgIpc) is 2.81. The molecule has 0 bridgehead atoms. The summed E-state index contributed by atoms with van der Waals surface area (Å²) in [6.45, 7) is 10.3. The molecule has 3 heterocycles. The zero-order chi connectivity index (χ0) is 24.1. The Morgan fingerprint density at radius 2 is 1.82 bits per heavy atom. The molecule has 1 saturated carbocycles. The van der Waals surface area contributed by atoms with Crippen LogP contribution in [-0.4, -0.2) is 63.8 Å². The zero-order valence-corrected chi connectivity index (χ0v) is 21.0. The summed E-state index contributed by atoms with van der Waals surface area (Å²) >= 11 is 0. The zero-order valence-electron chi connectivity index (χ0n) is 21.0. The number of ether oxygens (including phenoxy) is 1. The van der Waals surface area contributed by atoms with Gasteiger partial charge in [0.05, 0.1) is 13.2 Å². The number of aromatic nitrogens is 3. The van der Waals surface area contributed by atoms with E-state index < -0.39 is 0 Å². The number of hydrogen-bond acceptors (Lipinski definition) is 8. The first-order valence-electron chi connectivity index (χ1n) is 12.6. The fourth-order valence-electron chi connectivity index (χ4n) is 5.08. The predicted octanol–water partition coefficient (Wildman–Crippen LogP) is 4.56. The molecule has 0 unspecified atom stereocenters. The van der Waals surface area contributed by atoms with Gasteiger partial charge in [-0.1, -0.05) is 20.8 Å². The lowest BCUT2D eigenvalue weighted by Gasteiger charge is -2.36. The third-order valence-corrected chi connectivity index (χ3v) is 6.78. The molecule has 2 aromatic rings. The van der Waals surface area contributed by atoms with Gasteiger partial charge in [-0.2, -0.15) is 4.98 Å². The van der Waals surface area contributed by atoms with Crippen molar-refractivity contribution in [1.82, 2.24) is 19.9 Å². The Hall–Kier alpha value is -2.45. The number of piperidine rings is 1. The molecular formula is C26H40N6O2. The van der Waals surface area contributed by atoms with E-state index in [1.54, 1.807) is 13.3 Å².